The van der Waals surface area contributed by atoms with Gasteiger partial charge in [-0.3, -0.25) is 4.79 Å². The van der Waals surface area contributed by atoms with E-state index in [1.807, 2.05) is 38.1 Å². The maximum absolute atomic E-state index is 11.5. The summed E-state index contributed by atoms with van der Waals surface area (Å²) >= 11 is 4.84. The largest absolute Gasteiger partial charge is 0.484 e. The van der Waals surface area contributed by atoms with Gasteiger partial charge < -0.3 is 15.8 Å². The van der Waals surface area contributed by atoms with Crippen molar-refractivity contribution >= 4 is 23.1 Å². The smallest absolute Gasteiger partial charge is 0.257 e. The number of ether oxygens (including phenoxy) is 1. The fourth-order valence-electron chi connectivity index (χ4n) is 1.42. The topological polar surface area (TPSA) is 64.3 Å². The highest BCUT2D eigenvalue weighted by molar-refractivity contribution is 7.80. The summed E-state index contributed by atoms with van der Waals surface area (Å²) in [7, 11) is 0. The van der Waals surface area contributed by atoms with E-state index in [1.165, 1.54) is 0 Å². The third kappa shape index (κ3) is 6.76. The molecule has 1 rings (SSSR count). The van der Waals surface area contributed by atoms with Gasteiger partial charge in [0.25, 0.3) is 5.91 Å². The molecule has 1 aromatic rings. The molecule has 0 aliphatic carbocycles. The second kappa shape index (κ2) is 7.74. The number of amides is 1. The lowest BCUT2D eigenvalue weighted by Crippen LogP contribution is -2.31. The van der Waals surface area contributed by atoms with Gasteiger partial charge in [-0.15, -0.1) is 0 Å². The molecule has 3 N–H and O–H groups in total. The lowest BCUT2D eigenvalue weighted by Gasteiger charge is -2.09. The van der Waals surface area contributed by atoms with E-state index in [0.29, 0.717) is 29.6 Å². The van der Waals surface area contributed by atoms with Crippen LogP contribution < -0.4 is 15.8 Å². The fourth-order valence-corrected chi connectivity index (χ4v) is 1.59. The predicted molar refractivity (Wildman–Crippen MR) is 80.3 cm³/mol. The highest BCUT2D eigenvalue weighted by Crippen LogP contribution is 2.12. The summed E-state index contributed by atoms with van der Waals surface area (Å²) in [6.45, 7) is 4.78. The number of benzene rings is 1. The number of rotatable bonds is 7. The van der Waals surface area contributed by atoms with Crippen molar-refractivity contribution in [2.24, 2.45) is 11.7 Å². The predicted octanol–water partition coefficient (Wildman–Crippen LogP) is 1.67. The average molecular weight is 280 g/mol. The molecule has 0 atom stereocenters. The second-order valence-corrected chi connectivity index (χ2v) is 5.30. The molecule has 5 heteroatoms. The van der Waals surface area contributed by atoms with Crippen molar-refractivity contribution in [2.75, 3.05) is 13.2 Å². The van der Waals surface area contributed by atoms with E-state index >= 15 is 0 Å². The molecule has 0 bridgehead atoms. The Kier molecular flexibility index (Phi) is 6.29. The Bertz CT molecular complexity index is 430. The van der Waals surface area contributed by atoms with Gasteiger partial charge in [0.05, 0.1) is 4.99 Å². The van der Waals surface area contributed by atoms with Crippen LogP contribution in [0.15, 0.2) is 24.3 Å². The summed E-state index contributed by atoms with van der Waals surface area (Å²) in [6.07, 6.45) is 0.574. The van der Waals surface area contributed by atoms with Crippen molar-refractivity contribution in [2.45, 2.75) is 20.3 Å². The summed E-state index contributed by atoms with van der Waals surface area (Å²) in [5.74, 6) is 0.982. The number of hydrogen-bond donors (Lipinski definition) is 2. The molecule has 0 unspecified atom stereocenters. The summed E-state index contributed by atoms with van der Waals surface area (Å²) < 4.78 is 5.38. The molecule has 0 heterocycles. The van der Waals surface area contributed by atoms with Crippen molar-refractivity contribution in [3.8, 4) is 5.75 Å². The number of nitrogens with one attached hydrogen (secondary N) is 1. The minimum Gasteiger partial charge on any atom is -0.484 e. The molecule has 1 amide bonds. The van der Waals surface area contributed by atoms with Crippen LogP contribution in [0.5, 0.6) is 5.75 Å². The van der Waals surface area contributed by atoms with Gasteiger partial charge in [0.2, 0.25) is 0 Å². The zero-order valence-corrected chi connectivity index (χ0v) is 12.1. The van der Waals surface area contributed by atoms with Crippen molar-refractivity contribution in [3.05, 3.63) is 29.8 Å². The van der Waals surface area contributed by atoms with Gasteiger partial charge in [-0.2, -0.15) is 0 Å². The van der Waals surface area contributed by atoms with E-state index in [2.05, 4.69) is 5.32 Å². The fraction of sp³-hybridized carbons (Fsp3) is 0.429. The molecule has 104 valence electrons. The Hall–Kier alpha value is -1.62. The molecule has 0 aliphatic rings. The van der Waals surface area contributed by atoms with Crippen LogP contribution in [0.2, 0.25) is 0 Å². The SMILES string of the molecule is CC(C)CNC(=O)COc1ccc(CC(N)=S)cc1. The summed E-state index contributed by atoms with van der Waals surface area (Å²) in [4.78, 5) is 11.9. The Labute approximate surface area is 119 Å². The molecule has 0 saturated carbocycles. The molecule has 4 nitrogen and oxygen atoms in total. The number of carbonyl (C=O) groups excluding carboxylic acids is 1. The molecule has 0 fully saturated rings. The van der Waals surface area contributed by atoms with Gasteiger partial charge in [-0.25, -0.2) is 0 Å². The highest BCUT2D eigenvalue weighted by Gasteiger charge is 2.03. The Morgan fingerprint density at radius 2 is 2.00 bits per heavy atom. The molecule has 19 heavy (non-hydrogen) atoms. The van der Waals surface area contributed by atoms with Crippen LogP contribution in [0, 0.1) is 5.92 Å². The van der Waals surface area contributed by atoms with E-state index in [0.717, 1.165) is 5.56 Å². The first-order valence-electron chi connectivity index (χ1n) is 6.24. The van der Waals surface area contributed by atoms with Crippen molar-refractivity contribution in [1.29, 1.82) is 0 Å². The van der Waals surface area contributed by atoms with Crippen LogP contribution in [-0.4, -0.2) is 24.0 Å². The highest BCUT2D eigenvalue weighted by atomic mass is 32.1. The number of nitrogens with two attached hydrogens (primary N) is 1. The number of hydrogen-bond acceptors (Lipinski definition) is 3. The monoisotopic (exact) mass is 280 g/mol. The molecule has 0 saturated heterocycles. The molecule has 0 aliphatic heterocycles. The second-order valence-electron chi connectivity index (χ2n) is 4.77. The minimum absolute atomic E-state index is 0.0291. The maximum Gasteiger partial charge on any atom is 0.257 e. The van der Waals surface area contributed by atoms with E-state index in [9.17, 15) is 4.79 Å². The lowest BCUT2D eigenvalue weighted by atomic mass is 10.1. The van der Waals surface area contributed by atoms with E-state index in [1.54, 1.807) is 0 Å². The van der Waals surface area contributed by atoms with Gasteiger partial charge in [0.15, 0.2) is 6.61 Å². The minimum atomic E-state index is -0.110. The normalized spacial score (nSPS) is 10.3. The third-order valence-electron chi connectivity index (χ3n) is 2.38. The lowest BCUT2D eigenvalue weighted by molar-refractivity contribution is -0.123. The van der Waals surface area contributed by atoms with Crippen LogP contribution in [0.3, 0.4) is 0 Å². The van der Waals surface area contributed by atoms with Crippen LogP contribution in [0.1, 0.15) is 19.4 Å². The number of thiocarbonyl (C=S) groups is 1. The first-order valence-corrected chi connectivity index (χ1v) is 6.65. The Balaban J connectivity index is 2.37. The summed E-state index contributed by atoms with van der Waals surface area (Å²) in [5, 5.41) is 2.79. The zero-order valence-electron chi connectivity index (χ0n) is 11.3. The van der Waals surface area contributed by atoms with Crippen molar-refractivity contribution in [1.82, 2.24) is 5.32 Å². The Morgan fingerprint density at radius 1 is 1.37 bits per heavy atom. The first-order chi connectivity index (χ1) is 8.97. The summed E-state index contributed by atoms with van der Waals surface area (Å²) in [5.41, 5.74) is 6.50. The molecule has 0 spiro atoms. The van der Waals surface area contributed by atoms with E-state index in [4.69, 9.17) is 22.7 Å². The van der Waals surface area contributed by atoms with Gasteiger partial charge in [-0.05, 0) is 23.6 Å². The summed E-state index contributed by atoms with van der Waals surface area (Å²) in [6, 6.07) is 7.40. The van der Waals surface area contributed by atoms with Gasteiger partial charge in [0.1, 0.15) is 5.75 Å². The van der Waals surface area contributed by atoms with Gasteiger partial charge >= 0.3 is 0 Å². The maximum atomic E-state index is 11.5. The van der Waals surface area contributed by atoms with Gasteiger partial charge in [0, 0.05) is 13.0 Å². The zero-order chi connectivity index (χ0) is 14.3. The molecule has 1 aromatic carbocycles. The number of carbonyl (C=O) groups is 1. The Morgan fingerprint density at radius 3 is 2.53 bits per heavy atom. The average Bonchev–Trinajstić information content (AvgIpc) is 2.35. The van der Waals surface area contributed by atoms with E-state index in [-0.39, 0.29) is 12.5 Å². The van der Waals surface area contributed by atoms with Gasteiger partial charge in [-0.1, -0.05) is 38.2 Å². The van der Waals surface area contributed by atoms with Crippen LogP contribution in [-0.2, 0) is 11.2 Å². The third-order valence-corrected chi connectivity index (χ3v) is 2.52. The molecular weight excluding hydrogens is 260 g/mol. The van der Waals surface area contributed by atoms with E-state index < -0.39 is 0 Å². The van der Waals surface area contributed by atoms with Crippen LogP contribution >= 0.6 is 12.2 Å². The van der Waals surface area contributed by atoms with Crippen LogP contribution in [0.4, 0.5) is 0 Å². The molecule has 0 radical (unpaired) electrons. The molecular formula is C14H20N2O2S. The molecule has 0 aromatic heterocycles. The van der Waals surface area contributed by atoms with Crippen molar-refractivity contribution in [3.63, 3.8) is 0 Å². The van der Waals surface area contributed by atoms with Crippen molar-refractivity contribution < 1.29 is 9.53 Å². The van der Waals surface area contributed by atoms with Crippen LogP contribution in [0.25, 0.3) is 0 Å². The standard InChI is InChI=1S/C14H20N2O2S/c1-10(2)8-16-14(17)9-18-12-5-3-11(4-6-12)7-13(15)19/h3-6,10H,7-9H2,1-2H3,(H2,15,19)(H,16,17). The quantitative estimate of drug-likeness (QED) is 0.746. The first kappa shape index (κ1) is 15.4.